The van der Waals surface area contributed by atoms with Gasteiger partial charge >= 0.3 is 5.97 Å². The predicted octanol–water partition coefficient (Wildman–Crippen LogP) is 1.31. The van der Waals surface area contributed by atoms with Crippen LogP contribution in [0, 0.1) is 5.92 Å². The second-order valence-corrected chi connectivity index (χ2v) is 5.94. The fourth-order valence-corrected chi connectivity index (χ4v) is 2.79. The lowest BCUT2D eigenvalue weighted by atomic mass is 9.86. The Balaban J connectivity index is 1.69. The minimum Gasteiger partial charge on any atom is -0.493 e. The van der Waals surface area contributed by atoms with Gasteiger partial charge in [0.25, 0.3) is 0 Å². The van der Waals surface area contributed by atoms with Crippen LogP contribution >= 0.6 is 0 Å². The summed E-state index contributed by atoms with van der Waals surface area (Å²) in [6.45, 7) is 0.193. The van der Waals surface area contributed by atoms with Gasteiger partial charge in [-0.3, -0.25) is 14.4 Å². The number of ether oxygens (including phenoxy) is 1. The first kappa shape index (κ1) is 17.8. The van der Waals surface area contributed by atoms with Crippen molar-refractivity contribution in [2.45, 2.75) is 38.1 Å². The normalized spacial score (nSPS) is 20.2. The van der Waals surface area contributed by atoms with Crippen LogP contribution in [0.25, 0.3) is 0 Å². The number of rotatable bonds is 7. The first-order valence-corrected chi connectivity index (χ1v) is 8.00. The maximum Gasteiger partial charge on any atom is 0.306 e. The Morgan fingerprint density at radius 1 is 1.21 bits per heavy atom. The van der Waals surface area contributed by atoms with Gasteiger partial charge in [-0.1, -0.05) is 6.07 Å². The molecule has 7 heteroatoms. The number of nitrogens with one attached hydrogen (secondary N) is 1. The third-order valence-corrected chi connectivity index (χ3v) is 4.16. The Bertz CT molecular complexity index is 609. The lowest BCUT2D eigenvalue weighted by Crippen LogP contribution is -2.39. The molecule has 7 nitrogen and oxygen atoms in total. The van der Waals surface area contributed by atoms with Crippen molar-refractivity contribution in [2.24, 2.45) is 11.7 Å². The van der Waals surface area contributed by atoms with Gasteiger partial charge in [0.1, 0.15) is 5.75 Å². The molecule has 0 saturated heterocycles. The van der Waals surface area contributed by atoms with E-state index in [4.69, 9.17) is 15.6 Å². The first-order chi connectivity index (χ1) is 11.5. The summed E-state index contributed by atoms with van der Waals surface area (Å²) in [6, 6.07) is 6.52. The number of primary amides is 1. The average molecular weight is 334 g/mol. The molecular formula is C17H22N2O5. The quantitative estimate of drug-likeness (QED) is 0.695. The maximum atomic E-state index is 11.9. The van der Waals surface area contributed by atoms with Gasteiger partial charge in [-0.2, -0.15) is 0 Å². The molecule has 2 rings (SSSR count). The van der Waals surface area contributed by atoms with Crippen molar-refractivity contribution in [3.8, 4) is 5.75 Å². The van der Waals surface area contributed by atoms with Crippen LogP contribution in [0.2, 0.25) is 0 Å². The Labute approximate surface area is 140 Å². The van der Waals surface area contributed by atoms with E-state index in [-0.39, 0.29) is 30.9 Å². The molecule has 0 bridgehead atoms. The number of benzene rings is 1. The highest BCUT2D eigenvalue weighted by Gasteiger charge is 2.26. The Hall–Kier alpha value is -2.57. The van der Waals surface area contributed by atoms with E-state index in [0.29, 0.717) is 37.0 Å². The lowest BCUT2D eigenvalue weighted by Gasteiger charge is -2.26. The summed E-state index contributed by atoms with van der Waals surface area (Å²) in [7, 11) is 0. The van der Waals surface area contributed by atoms with Crippen molar-refractivity contribution in [2.75, 3.05) is 6.61 Å². The number of aliphatic carboxylic acids is 1. The second kappa shape index (κ2) is 8.33. The van der Waals surface area contributed by atoms with Gasteiger partial charge in [-0.15, -0.1) is 0 Å². The summed E-state index contributed by atoms with van der Waals surface area (Å²) in [6.07, 6.45) is 2.75. The summed E-state index contributed by atoms with van der Waals surface area (Å²) in [5, 5.41) is 11.9. The summed E-state index contributed by atoms with van der Waals surface area (Å²) < 4.78 is 5.46. The molecule has 1 fully saturated rings. The topological polar surface area (TPSA) is 119 Å². The SMILES string of the molecule is NC(=O)c1cccc(OCCC(=O)NC2CCC(C(=O)O)CC2)c1. The lowest BCUT2D eigenvalue weighted by molar-refractivity contribution is -0.142. The third-order valence-electron chi connectivity index (χ3n) is 4.16. The number of amides is 2. The molecule has 0 atom stereocenters. The minimum absolute atomic E-state index is 0.0336. The second-order valence-electron chi connectivity index (χ2n) is 5.94. The van der Waals surface area contributed by atoms with Crippen LogP contribution in [-0.4, -0.2) is 35.5 Å². The minimum atomic E-state index is -0.758. The van der Waals surface area contributed by atoms with E-state index in [2.05, 4.69) is 5.32 Å². The number of carboxylic acid groups (broad SMARTS) is 1. The highest BCUT2D eigenvalue weighted by Crippen LogP contribution is 2.24. The predicted molar refractivity (Wildman–Crippen MR) is 86.6 cm³/mol. The smallest absolute Gasteiger partial charge is 0.306 e. The Morgan fingerprint density at radius 3 is 2.54 bits per heavy atom. The van der Waals surface area contributed by atoms with E-state index in [0.717, 1.165) is 0 Å². The van der Waals surface area contributed by atoms with Gasteiger partial charge in [-0.05, 0) is 43.9 Å². The van der Waals surface area contributed by atoms with E-state index < -0.39 is 11.9 Å². The van der Waals surface area contributed by atoms with E-state index in [1.807, 2.05) is 0 Å². The monoisotopic (exact) mass is 334 g/mol. The van der Waals surface area contributed by atoms with Gasteiger partial charge in [0.2, 0.25) is 11.8 Å². The molecule has 0 radical (unpaired) electrons. The van der Waals surface area contributed by atoms with E-state index >= 15 is 0 Å². The number of carboxylic acids is 1. The molecule has 1 aromatic carbocycles. The Morgan fingerprint density at radius 2 is 1.92 bits per heavy atom. The zero-order chi connectivity index (χ0) is 17.5. The molecule has 1 aromatic rings. The molecule has 0 aliphatic heterocycles. The van der Waals surface area contributed by atoms with Gasteiger partial charge < -0.3 is 20.9 Å². The zero-order valence-electron chi connectivity index (χ0n) is 13.4. The van der Waals surface area contributed by atoms with Gasteiger partial charge in [-0.25, -0.2) is 0 Å². The summed E-state index contributed by atoms with van der Waals surface area (Å²) in [4.78, 5) is 33.9. The molecule has 1 aliphatic rings. The molecular weight excluding hydrogens is 312 g/mol. The standard InChI is InChI=1S/C17H22N2O5/c18-16(21)12-2-1-3-14(10-12)24-9-8-15(20)19-13-6-4-11(5-7-13)17(22)23/h1-3,10-11,13H,4-9H2,(H2,18,21)(H,19,20)(H,22,23). The molecule has 1 aliphatic carbocycles. The van der Waals surface area contributed by atoms with Crippen LogP contribution in [0.5, 0.6) is 5.75 Å². The van der Waals surface area contributed by atoms with E-state index in [1.54, 1.807) is 18.2 Å². The fourth-order valence-electron chi connectivity index (χ4n) is 2.79. The number of nitrogens with two attached hydrogens (primary N) is 1. The van der Waals surface area contributed by atoms with Crippen LogP contribution in [0.1, 0.15) is 42.5 Å². The number of carbonyl (C=O) groups excluding carboxylic acids is 2. The van der Waals surface area contributed by atoms with Crippen molar-refractivity contribution in [3.05, 3.63) is 29.8 Å². The summed E-state index contributed by atoms with van der Waals surface area (Å²) in [5.41, 5.74) is 5.55. The van der Waals surface area contributed by atoms with Gasteiger partial charge in [0.05, 0.1) is 18.9 Å². The van der Waals surface area contributed by atoms with Crippen molar-refractivity contribution in [1.29, 1.82) is 0 Å². The molecule has 0 unspecified atom stereocenters. The molecule has 0 aromatic heterocycles. The fraction of sp³-hybridized carbons (Fsp3) is 0.471. The average Bonchev–Trinajstić information content (AvgIpc) is 2.55. The molecule has 2 amide bonds. The summed E-state index contributed by atoms with van der Waals surface area (Å²) in [5.74, 6) is -1.22. The Kier molecular flexibility index (Phi) is 6.17. The van der Waals surface area contributed by atoms with Crippen LogP contribution in [0.3, 0.4) is 0 Å². The molecule has 4 N–H and O–H groups in total. The molecule has 1 saturated carbocycles. The van der Waals surface area contributed by atoms with Crippen LogP contribution < -0.4 is 15.8 Å². The van der Waals surface area contributed by atoms with Crippen LogP contribution in [0.15, 0.2) is 24.3 Å². The molecule has 24 heavy (non-hydrogen) atoms. The number of hydrogen-bond acceptors (Lipinski definition) is 4. The number of carbonyl (C=O) groups is 3. The van der Waals surface area contributed by atoms with Crippen molar-refractivity contribution in [3.63, 3.8) is 0 Å². The summed E-state index contributed by atoms with van der Waals surface area (Å²) >= 11 is 0. The molecule has 0 spiro atoms. The van der Waals surface area contributed by atoms with Crippen molar-refractivity contribution in [1.82, 2.24) is 5.32 Å². The molecule has 0 heterocycles. The van der Waals surface area contributed by atoms with Crippen LogP contribution in [-0.2, 0) is 9.59 Å². The maximum absolute atomic E-state index is 11.9. The van der Waals surface area contributed by atoms with Crippen LogP contribution in [0.4, 0.5) is 0 Å². The third kappa shape index (κ3) is 5.26. The van der Waals surface area contributed by atoms with Gasteiger partial charge in [0.15, 0.2) is 0 Å². The zero-order valence-corrected chi connectivity index (χ0v) is 13.4. The van der Waals surface area contributed by atoms with Crippen molar-refractivity contribution < 1.29 is 24.2 Å². The number of hydrogen-bond donors (Lipinski definition) is 3. The van der Waals surface area contributed by atoms with E-state index in [1.165, 1.54) is 6.07 Å². The first-order valence-electron chi connectivity index (χ1n) is 8.00. The highest BCUT2D eigenvalue weighted by atomic mass is 16.5. The van der Waals surface area contributed by atoms with Gasteiger partial charge in [0, 0.05) is 11.6 Å². The molecule has 130 valence electrons. The van der Waals surface area contributed by atoms with Crippen molar-refractivity contribution >= 4 is 17.8 Å². The highest BCUT2D eigenvalue weighted by molar-refractivity contribution is 5.93. The van der Waals surface area contributed by atoms with E-state index in [9.17, 15) is 14.4 Å². The largest absolute Gasteiger partial charge is 0.493 e.